The van der Waals surface area contributed by atoms with Crippen LogP contribution in [-0.4, -0.2) is 46.5 Å². The van der Waals surface area contributed by atoms with Gasteiger partial charge in [0.25, 0.3) is 0 Å². The number of hydrogen-bond donors (Lipinski definition) is 1. The van der Waals surface area contributed by atoms with Gasteiger partial charge in [-0.3, -0.25) is 4.79 Å². The Labute approximate surface area is 249 Å². The zero-order chi connectivity index (χ0) is 30.1. The molecule has 0 aliphatic heterocycles. The predicted octanol–water partition coefficient (Wildman–Crippen LogP) is 6.88. The number of benzene rings is 3. The van der Waals surface area contributed by atoms with Gasteiger partial charge in [0.1, 0.15) is 12.3 Å². The fraction of sp³-hybridized carbons (Fsp3) is 0.314. The van der Waals surface area contributed by atoms with Crippen molar-refractivity contribution in [2.24, 2.45) is 5.92 Å². The highest BCUT2D eigenvalue weighted by atomic mass is 16.5. The number of anilines is 1. The normalized spacial score (nSPS) is 10.9. The minimum Gasteiger partial charge on any atom is -0.497 e. The minimum absolute atomic E-state index is 0.0155. The monoisotopic (exact) mass is 566 g/mol. The number of methoxy groups -OCH3 is 1. The van der Waals surface area contributed by atoms with Gasteiger partial charge in [0.05, 0.1) is 13.7 Å². The van der Waals surface area contributed by atoms with Gasteiger partial charge in [-0.05, 0) is 66.3 Å². The van der Waals surface area contributed by atoms with Crippen molar-refractivity contribution in [3.8, 4) is 5.75 Å². The van der Waals surface area contributed by atoms with E-state index in [0.717, 1.165) is 39.4 Å². The SMILES string of the molecule is COc1cccc(Cn2cccc2CN(Cc2ccccc2)C(=O)CN(CC(C)C)C(=O)Nc2c(C)cccc2C)c1. The lowest BCUT2D eigenvalue weighted by atomic mass is 10.1. The summed E-state index contributed by atoms with van der Waals surface area (Å²) in [6.45, 7) is 10.0. The first-order chi connectivity index (χ1) is 20.2. The fourth-order valence-electron chi connectivity index (χ4n) is 5.07. The summed E-state index contributed by atoms with van der Waals surface area (Å²) >= 11 is 0. The van der Waals surface area contributed by atoms with Crippen LogP contribution in [-0.2, 0) is 24.4 Å². The number of urea groups is 1. The van der Waals surface area contributed by atoms with Crippen molar-refractivity contribution in [1.82, 2.24) is 14.4 Å². The number of aromatic nitrogens is 1. The van der Waals surface area contributed by atoms with E-state index in [2.05, 4.69) is 29.8 Å². The van der Waals surface area contributed by atoms with Crippen LogP contribution in [0.25, 0.3) is 0 Å². The zero-order valence-electron chi connectivity index (χ0n) is 25.3. The van der Waals surface area contributed by atoms with Crippen LogP contribution in [0.3, 0.4) is 0 Å². The maximum absolute atomic E-state index is 14.0. The lowest BCUT2D eigenvalue weighted by Crippen LogP contribution is -2.45. The molecule has 0 aliphatic rings. The van der Waals surface area contributed by atoms with Crippen LogP contribution in [0.15, 0.2) is 91.1 Å². The first-order valence-corrected chi connectivity index (χ1v) is 14.4. The zero-order valence-corrected chi connectivity index (χ0v) is 25.3. The molecule has 0 aliphatic carbocycles. The Morgan fingerprint density at radius 3 is 2.21 bits per heavy atom. The Hall–Kier alpha value is -4.52. The van der Waals surface area contributed by atoms with Gasteiger partial charge in [-0.25, -0.2) is 4.79 Å². The number of ether oxygens (including phenoxy) is 1. The predicted molar refractivity (Wildman–Crippen MR) is 169 cm³/mol. The van der Waals surface area contributed by atoms with E-state index < -0.39 is 0 Å². The summed E-state index contributed by atoms with van der Waals surface area (Å²) in [5.74, 6) is 0.904. The molecule has 0 atom stereocenters. The van der Waals surface area contributed by atoms with Crippen LogP contribution in [0.5, 0.6) is 5.75 Å². The van der Waals surface area contributed by atoms with Gasteiger partial charge in [0.15, 0.2) is 0 Å². The van der Waals surface area contributed by atoms with Crippen LogP contribution < -0.4 is 10.1 Å². The molecular weight excluding hydrogens is 524 g/mol. The molecule has 0 radical (unpaired) electrons. The van der Waals surface area contributed by atoms with E-state index in [1.165, 1.54) is 0 Å². The molecule has 4 aromatic rings. The van der Waals surface area contributed by atoms with Crippen molar-refractivity contribution in [2.45, 2.75) is 47.3 Å². The van der Waals surface area contributed by atoms with Crippen LogP contribution in [0.4, 0.5) is 10.5 Å². The summed E-state index contributed by atoms with van der Waals surface area (Å²) < 4.78 is 7.55. The van der Waals surface area contributed by atoms with E-state index in [0.29, 0.717) is 26.2 Å². The van der Waals surface area contributed by atoms with Gasteiger partial charge >= 0.3 is 6.03 Å². The van der Waals surface area contributed by atoms with Crippen molar-refractivity contribution in [1.29, 1.82) is 0 Å². The second-order valence-corrected chi connectivity index (χ2v) is 11.2. The second-order valence-electron chi connectivity index (χ2n) is 11.2. The van der Waals surface area contributed by atoms with E-state index in [4.69, 9.17) is 4.74 Å². The summed E-state index contributed by atoms with van der Waals surface area (Å²) in [7, 11) is 1.66. The third-order valence-electron chi connectivity index (χ3n) is 7.24. The average Bonchev–Trinajstić information content (AvgIpc) is 3.40. The molecule has 3 amide bonds. The third kappa shape index (κ3) is 8.26. The number of carbonyl (C=O) groups excluding carboxylic acids is 2. The van der Waals surface area contributed by atoms with Gasteiger partial charge in [0, 0.05) is 37.2 Å². The van der Waals surface area contributed by atoms with Crippen molar-refractivity contribution in [3.05, 3.63) is 119 Å². The summed E-state index contributed by atoms with van der Waals surface area (Å²) in [5, 5.41) is 3.07. The molecule has 1 aromatic heterocycles. The second kappa shape index (κ2) is 14.4. The summed E-state index contributed by atoms with van der Waals surface area (Å²) in [6, 6.07) is 27.7. The molecule has 1 heterocycles. The lowest BCUT2D eigenvalue weighted by molar-refractivity contribution is -0.133. The highest BCUT2D eigenvalue weighted by molar-refractivity contribution is 5.93. The Bertz CT molecular complexity index is 1460. The highest BCUT2D eigenvalue weighted by Crippen LogP contribution is 2.21. The number of carbonyl (C=O) groups is 2. The number of nitrogens with one attached hydrogen (secondary N) is 1. The molecule has 0 saturated carbocycles. The standard InChI is InChI=1S/C35H42N4O3/c1-26(2)21-39(35(41)36-34-27(3)12-9-13-28(34)4)25-33(40)38(22-29-14-7-6-8-15-29)24-31-17-11-19-37(31)23-30-16-10-18-32(20-30)42-5/h6-20,26H,21-25H2,1-5H3,(H,36,41). The molecule has 7 heteroatoms. The number of hydrogen-bond acceptors (Lipinski definition) is 3. The molecule has 3 aromatic carbocycles. The molecule has 1 N–H and O–H groups in total. The van der Waals surface area contributed by atoms with Gasteiger partial charge in [0.2, 0.25) is 5.91 Å². The molecule has 0 spiro atoms. The maximum atomic E-state index is 14.0. The topological polar surface area (TPSA) is 66.8 Å². The van der Waals surface area contributed by atoms with Crippen molar-refractivity contribution < 1.29 is 14.3 Å². The summed E-state index contributed by atoms with van der Waals surface area (Å²) in [5.41, 5.74) is 5.92. The third-order valence-corrected chi connectivity index (χ3v) is 7.24. The van der Waals surface area contributed by atoms with E-state index in [9.17, 15) is 9.59 Å². The van der Waals surface area contributed by atoms with Crippen molar-refractivity contribution in [3.63, 3.8) is 0 Å². The lowest BCUT2D eigenvalue weighted by Gasteiger charge is -2.29. The molecular formula is C35H42N4O3. The quantitative estimate of drug-likeness (QED) is 0.203. The van der Waals surface area contributed by atoms with E-state index in [1.54, 1.807) is 12.0 Å². The number of amides is 3. The van der Waals surface area contributed by atoms with Crippen LogP contribution >= 0.6 is 0 Å². The molecule has 42 heavy (non-hydrogen) atoms. The number of para-hydroxylation sites is 1. The average molecular weight is 567 g/mol. The first kappa shape index (κ1) is 30.4. The summed E-state index contributed by atoms with van der Waals surface area (Å²) in [6.07, 6.45) is 2.03. The van der Waals surface area contributed by atoms with Crippen LogP contribution in [0.1, 0.15) is 41.8 Å². The summed E-state index contributed by atoms with van der Waals surface area (Å²) in [4.78, 5) is 31.0. The number of nitrogens with zero attached hydrogens (tertiary/aromatic N) is 3. The Morgan fingerprint density at radius 1 is 0.833 bits per heavy atom. The van der Waals surface area contributed by atoms with Gasteiger partial charge < -0.3 is 24.4 Å². The Balaban J connectivity index is 1.56. The van der Waals surface area contributed by atoms with Gasteiger partial charge in [-0.15, -0.1) is 0 Å². The number of rotatable bonds is 12. The molecule has 0 saturated heterocycles. The van der Waals surface area contributed by atoms with Gasteiger partial charge in [-0.2, -0.15) is 0 Å². The van der Waals surface area contributed by atoms with Crippen molar-refractivity contribution >= 4 is 17.6 Å². The minimum atomic E-state index is -0.268. The van der Waals surface area contributed by atoms with E-state index in [1.807, 2.05) is 104 Å². The molecule has 0 unspecified atom stereocenters. The van der Waals surface area contributed by atoms with Gasteiger partial charge in [-0.1, -0.05) is 74.5 Å². The van der Waals surface area contributed by atoms with E-state index >= 15 is 0 Å². The first-order valence-electron chi connectivity index (χ1n) is 14.4. The van der Waals surface area contributed by atoms with Crippen molar-refractivity contribution in [2.75, 3.05) is 25.5 Å². The largest absolute Gasteiger partial charge is 0.497 e. The highest BCUT2D eigenvalue weighted by Gasteiger charge is 2.24. The molecule has 7 nitrogen and oxygen atoms in total. The molecule has 0 fully saturated rings. The molecule has 220 valence electrons. The maximum Gasteiger partial charge on any atom is 0.322 e. The molecule has 0 bridgehead atoms. The van der Waals surface area contributed by atoms with E-state index in [-0.39, 0.29) is 24.4 Å². The Kier molecular flexibility index (Phi) is 10.4. The molecule has 4 rings (SSSR count). The van der Waals surface area contributed by atoms with Crippen LogP contribution in [0.2, 0.25) is 0 Å². The smallest absolute Gasteiger partial charge is 0.322 e. The number of aryl methyl sites for hydroxylation is 2. The fourth-order valence-corrected chi connectivity index (χ4v) is 5.07. The Morgan fingerprint density at radius 2 is 1.52 bits per heavy atom. The van der Waals surface area contributed by atoms with Crippen LogP contribution in [0, 0.1) is 19.8 Å².